The van der Waals surface area contributed by atoms with Crippen molar-refractivity contribution in [3.8, 4) is 5.75 Å². The summed E-state index contributed by atoms with van der Waals surface area (Å²) < 4.78 is 5.20. The first-order valence-electron chi connectivity index (χ1n) is 10.7. The van der Waals surface area contributed by atoms with Crippen molar-refractivity contribution in [1.29, 1.82) is 0 Å². The number of anilines is 1. The van der Waals surface area contributed by atoms with Gasteiger partial charge in [-0.25, -0.2) is 4.99 Å². The Hall–Kier alpha value is -3.02. The van der Waals surface area contributed by atoms with E-state index in [1.165, 1.54) is 5.56 Å². The number of hydrogen-bond acceptors (Lipinski definition) is 3. The van der Waals surface area contributed by atoms with Crippen molar-refractivity contribution in [2.75, 3.05) is 25.5 Å². The van der Waals surface area contributed by atoms with Crippen LogP contribution in [-0.2, 0) is 17.8 Å². The van der Waals surface area contributed by atoms with Gasteiger partial charge in [-0.3, -0.25) is 4.79 Å². The van der Waals surface area contributed by atoms with Crippen molar-refractivity contribution in [2.45, 2.75) is 39.2 Å². The summed E-state index contributed by atoms with van der Waals surface area (Å²) >= 11 is 0. The van der Waals surface area contributed by atoms with Gasteiger partial charge in [0.05, 0.1) is 13.7 Å². The predicted octanol–water partition coefficient (Wildman–Crippen LogP) is 3.73. The molecule has 0 saturated heterocycles. The van der Waals surface area contributed by atoms with Crippen LogP contribution in [0.5, 0.6) is 5.75 Å². The average Bonchev–Trinajstić information content (AvgIpc) is 2.71. The van der Waals surface area contributed by atoms with Crippen molar-refractivity contribution in [2.24, 2.45) is 10.9 Å². The van der Waals surface area contributed by atoms with Gasteiger partial charge in [-0.15, -0.1) is 0 Å². The maximum Gasteiger partial charge on any atom is 0.227 e. The standard InChI is InChI=1S/C24H32N4O2/c1-3-25-24(26-15-14-18-10-12-22(30-2)13-11-18)27-17-19-6-4-9-21(16-19)28-23(29)20-7-5-8-20/h4,6,9-13,16,20H,3,5,7-8,14-15,17H2,1-2H3,(H,28,29)(H2,25,26,27). The summed E-state index contributed by atoms with van der Waals surface area (Å²) in [7, 11) is 1.67. The first kappa shape index (κ1) is 21.7. The summed E-state index contributed by atoms with van der Waals surface area (Å²) in [5.74, 6) is 1.97. The van der Waals surface area contributed by atoms with Crippen LogP contribution in [0, 0.1) is 5.92 Å². The molecule has 2 aromatic carbocycles. The van der Waals surface area contributed by atoms with E-state index in [0.717, 1.165) is 61.7 Å². The molecule has 0 aliphatic heterocycles. The molecule has 0 aromatic heterocycles. The zero-order valence-corrected chi connectivity index (χ0v) is 17.9. The molecule has 6 heteroatoms. The summed E-state index contributed by atoms with van der Waals surface area (Å²) in [6.45, 7) is 4.18. The summed E-state index contributed by atoms with van der Waals surface area (Å²) in [4.78, 5) is 16.8. The summed E-state index contributed by atoms with van der Waals surface area (Å²) in [5, 5.41) is 9.70. The Morgan fingerprint density at radius 2 is 1.90 bits per heavy atom. The van der Waals surface area contributed by atoms with Crippen LogP contribution in [-0.4, -0.2) is 32.1 Å². The van der Waals surface area contributed by atoms with Gasteiger partial charge in [0.1, 0.15) is 5.75 Å². The van der Waals surface area contributed by atoms with Gasteiger partial charge in [0.25, 0.3) is 0 Å². The number of benzene rings is 2. The summed E-state index contributed by atoms with van der Waals surface area (Å²) in [5.41, 5.74) is 3.15. The number of nitrogens with one attached hydrogen (secondary N) is 3. The molecule has 1 aliphatic carbocycles. The average molecular weight is 409 g/mol. The molecule has 0 heterocycles. The second kappa shape index (κ2) is 11.2. The van der Waals surface area contributed by atoms with Crippen molar-refractivity contribution < 1.29 is 9.53 Å². The molecule has 30 heavy (non-hydrogen) atoms. The van der Waals surface area contributed by atoms with Crippen molar-refractivity contribution in [3.63, 3.8) is 0 Å². The number of hydrogen-bond donors (Lipinski definition) is 3. The first-order chi connectivity index (χ1) is 14.7. The van der Waals surface area contributed by atoms with Gasteiger partial charge in [0.15, 0.2) is 5.96 Å². The van der Waals surface area contributed by atoms with E-state index in [9.17, 15) is 4.79 Å². The Balaban J connectivity index is 1.51. The minimum Gasteiger partial charge on any atom is -0.497 e. The minimum absolute atomic E-state index is 0.135. The fourth-order valence-electron chi connectivity index (χ4n) is 3.29. The third kappa shape index (κ3) is 6.51. The lowest BCUT2D eigenvalue weighted by Crippen LogP contribution is -2.38. The van der Waals surface area contributed by atoms with Gasteiger partial charge in [-0.2, -0.15) is 0 Å². The van der Waals surface area contributed by atoms with E-state index >= 15 is 0 Å². The predicted molar refractivity (Wildman–Crippen MR) is 122 cm³/mol. The van der Waals surface area contributed by atoms with E-state index in [0.29, 0.717) is 6.54 Å². The molecule has 0 radical (unpaired) electrons. The smallest absolute Gasteiger partial charge is 0.227 e. The molecule has 2 aromatic rings. The van der Waals surface area contributed by atoms with Crippen molar-refractivity contribution in [1.82, 2.24) is 10.6 Å². The van der Waals surface area contributed by atoms with E-state index < -0.39 is 0 Å². The number of nitrogens with zero attached hydrogens (tertiary/aromatic N) is 1. The second-order valence-electron chi connectivity index (χ2n) is 7.54. The van der Waals surface area contributed by atoms with Crippen LogP contribution >= 0.6 is 0 Å². The first-order valence-corrected chi connectivity index (χ1v) is 10.7. The van der Waals surface area contributed by atoms with Gasteiger partial charge in [0, 0.05) is 24.7 Å². The van der Waals surface area contributed by atoms with E-state index in [-0.39, 0.29) is 11.8 Å². The zero-order chi connectivity index (χ0) is 21.2. The molecule has 160 valence electrons. The monoisotopic (exact) mass is 408 g/mol. The number of rotatable bonds is 9. The number of aliphatic imine (C=N–C) groups is 1. The van der Waals surface area contributed by atoms with Crippen LogP contribution in [0.25, 0.3) is 0 Å². The molecule has 0 unspecified atom stereocenters. The lowest BCUT2D eigenvalue weighted by Gasteiger charge is -2.24. The van der Waals surface area contributed by atoms with Crippen LogP contribution in [0.1, 0.15) is 37.3 Å². The topological polar surface area (TPSA) is 74.8 Å². The van der Waals surface area contributed by atoms with Crippen LogP contribution in [0.4, 0.5) is 5.69 Å². The highest BCUT2D eigenvalue weighted by molar-refractivity contribution is 5.93. The highest BCUT2D eigenvalue weighted by atomic mass is 16.5. The zero-order valence-electron chi connectivity index (χ0n) is 17.9. The number of guanidine groups is 1. The third-order valence-electron chi connectivity index (χ3n) is 5.30. The van der Waals surface area contributed by atoms with Gasteiger partial charge in [-0.1, -0.05) is 30.7 Å². The Morgan fingerprint density at radius 1 is 1.10 bits per heavy atom. The molecule has 3 rings (SSSR count). The lowest BCUT2D eigenvalue weighted by atomic mass is 9.85. The molecule has 1 fully saturated rings. The highest BCUT2D eigenvalue weighted by Gasteiger charge is 2.25. The van der Waals surface area contributed by atoms with Crippen LogP contribution in [0.2, 0.25) is 0 Å². The van der Waals surface area contributed by atoms with E-state index in [2.05, 4.69) is 40.0 Å². The van der Waals surface area contributed by atoms with Crippen LogP contribution < -0.4 is 20.7 Å². The molecule has 0 spiro atoms. The Morgan fingerprint density at radius 3 is 2.57 bits per heavy atom. The highest BCUT2D eigenvalue weighted by Crippen LogP contribution is 2.27. The van der Waals surface area contributed by atoms with Crippen molar-refractivity contribution >= 4 is 17.6 Å². The summed E-state index contributed by atoms with van der Waals surface area (Å²) in [6, 6.07) is 16.0. The van der Waals surface area contributed by atoms with Gasteiger partial charge in [0.2, 0.25) is 5.91 Å². The fourth-order valence-corrected chi connectivity index (χ4v) is 3.29. The van der Waals surface area contributed by atoms with E-state index in [4.69, 9.17) is 4.74 Å². The molecule has 1 saturated carbocycles. The quantitative estimate of drug-likeness (QED) is 0.437. The third-order valence-corrected chi connectivity index (χ3v) is 5.30. The Bertz CT molecular complexity index is 845. The van der Waals surface area contributed by atoms with Gasteiger partial charge in [-0.05, 0) is 61.6 Å². The number of methoxy groups -OCH3 is 1. The molecule has 1 amide bonds. The van der Waals surface area contributed by atoms with Crippen LogP contribution in [0.3, 0.4) is 0 Å². The minimum atomic E-state index is 0.135. The summed E-state index contributed by atoms with van der Waals surface area (Å²) in [6.07, 6.45) is 4.07. The normalized spacial score (nSPS) is 14.0. The molecule has 3 N–H and O–H groups in total. The maximum absolute atomic E-state index is 12.2. The van der Waals surface area contributed by atoms with Crippen molar-refractivity contribution in [3.05, 3.63) is 59.7 Å². The molecule has 6 nitrogen and oxygen atoms in total. The number of ether oxygens (including phenoxy) is 1. The second-order valence-corrected chi connectivity index (χ2v) is 7.54. The fraction of sp³-hybridized carbons (Fsp3) is 0.417. The van der Waals surface area contributed by atoms with E-state index in [1.54, 1.807) is 7.11 Å². The lowest BCUT2D eigenvalue weighted by molar-refractivity contribution is -0.122. The van der Waals surface area contributed by atoms with E-state index in [1.807, 2.05) is 36.4 Å². The van der Waals surface area contributed by atoms with Gasteiger partial charge < -0.3 is 20.7 Å². The SMILES string of the molecule is CCNC(=NCc1cccc(NC(=O)C2CCC2)c1)NCCc1ccc(OC)cc1. The Labute approximate surface area is 179 Å². The molecule has 1 aliphatic rings. The number of carbonyl (C=O) groups excluding carboxylic acids is 1. The molecular weight excluding hydrogens is 376 g/mol. The number of amides is 1. The number of carbonyl (C=O) groups is 1. The largest absolute Gasteiger partial charge is 0.497 e. The molecule has 0 bridgehead atoms. The molecular formula is C24H32N4O2. The van der Waals surface area contributed by atoms with Crippen LogP contribution in [0.15, 0.2) is 53.5 Å². The molecule has 0 atom stereocenters. The van der Waals surface area contributed by atoms with Gasteiger partial charge >= 0.3 is 0 Å². The maximum atomic E-state index is 12.2. The Kier molecular flexibility index (Phi) is 8.12.